The number of carboxylic acid groups (broad SMARTS) is 2. The normalized spacial score (nSPS) is 15.2. The molecule has 0 aromatic carbocycles. The zero-order valence-corrected chi connectivity index (χ0v) is 19.3. The SMILES string of the molecule is CC(O)C(NC(=O)C(N)CCCCN)C(=O)NC(CC(=O)O)C(=O)NC(Cc1cnc[nH]1)C(=O)O. The highest BCUT2D eigenvalue weighted by Crippen LogP contribution is 2.04. The van der Waals surface area contributed by atoms with Crippen molar-refractivity contribution in [1.29, 1.82) is 0 Å². The number of amides is 3. The summed E-state index contributed by atoms with van der Waals surface area (Å²) in [5.74, 6) is -5.71. The van der Waals surface area contributed by atoms with E-state index in [1.165, 1.54) is 19.4 Å². The molecule has 0 aliphatic heterocycles. The number of aliphatic hydroxyl groups excluding tert-OH is 1. The molecule has 15 nitrogen and oxygen atoms in total. The zero-order chi connectivity index (χ0) is 26.5. The molecule has 5 atom stereocenters. The van der Waals surface area contributed by atoms with Gasteiger partial charge in [0.05, 0.1) is 24.9 Å². The van der Waals surface area contributed by atoms with E-state index >= 15 is 0 Å². The Labute approximate surface area is 201 Å². The first kappa shape index (κ1) is 29.5. The molecule has 1 rings (SSSR count). The fourth-order valence-corrected chi connectivity index (χ4v) is 3.04. The first-order valence-corrected chi connectivity index (χ1v) is 10.9. The number of carboxylic acids is 2. The molecule has 196 valence electrons. The minimum Gasteiger partial charge on any atom is -0.481 e. The van der Waals surface area contributed by atoms with Gasteiger partial charge in [-0.1, -0.05) is 6.42 Å². The molecule has 11 N–H and O–H groups in total. The highest BCUT2D eigenvalue weighted by Gasteiger charge is 2.33. The van der Waals surface area contributed by atoms with E-state index in [-0.39, 0.29) is 12.8 Å². The molecule has 1 aromatic rings. The number of nitrogens with one attached hydrogen (secondary N) is 4. The van der Waals surface area contributed by atoms with Crippen LogP contribution in [0.1, 0.15) is 38.3 Å². The van der Waals surface area contributed by atoms with Crippen LogP contribution in [-0.2, 0) is 30.4 Å². The Morgan fingerprint density at radius 3 is 2.20 bits per heavy atom. The predicted octanol–water partition coefficient (Wildman–Crippen LogP) is -3.20. The maximum atomic E-state index is 12.7. The van der Waals surface area contributed by atoms with E-state index in [4.69, 9.17) is 16.6 Å². The van der Waals surface area contributed by atoms with Crippen LogP contribution in [0.25, 0.3) is 0 Å². The van der Waals surface area contributed by atoms with Crippen LogP contribution in [0.15, 0.2) is 12.5 Å². The highest BCUT2D eigenvalue weighted by molar-refractivity contribution is 5.95. The van der Waals surface area contributed by atoms with Gasteiger partial charge in [-0.15, -0.1) is 0 Å². The molecule has 15 heteroatoms. The average molecular weight is 500 g/mol. The quantitative estimate of drug-likeness (QED) is 0.102. The number of aromatic amines is 1. The van der Waals surface area contributed by atoms with Crippen LogP contribution in [0.5, 0.6) is 0 Å². The van der Waals surface area contributed by atoms with Crippen LogP contribution >= 0.6 is 0 Å². The maximum Gasteiger partial charge on any atom is 0.326 e. The number of unbranched alkanes of at least 4 members (excludes halogenated alkanes) is 1. The summed E-state index contributed by atoms with van der Waals surface area (Å²) in [6, 6.07) is -5.67. The fraction of sp³-hybridized carbons (Fsp3) is 0.600. The lowest BCUT2D eigenvalue weighted by Crippen LogP contribution is -2.60. The van der Waals surface area contributed by atoms with Crippen LogP contribution in [0.3, 0.4) is 0 Å². The number of H-pyrrole nitrogens is 1. The number of carbonyl (C=O) groups is 5. The second kappa shape index (κ2) is 14.6. The molecule has 1 heterocycles. The van der Waals surface area contributed by atoms with E-state index in [0.717, 1.165) is 0 Å². The molecule has 35 heavy (non-hydrogen) atoms. The topological polar surface area (TPSA) is 263 Å². The third-order valence-electron chi connectivity index (χ3n) is 4.97. The lowest BCUT2D eigenvalue weighted by molar-refractivity contribution is -0.143. The molecule has 3 amide bonds. The Balaban J connectivity index is 2.90. The molecule has 0 aliphatic carbocycles. The number of aliphatic carboxylic acids is 2. The van der Waals surface area contributed by atoms with Gasteiger partial charge in [-0.3, -0.25) is 19.2 Å². The number of rotatable bonds is 16. The second-order valence-electron chi connectivity index (χ2n) is 7.96. The van der Waals surface area contributed by atoms with Crippen molar-refractivity contribution in [3.8, 4) is 0 Å². The van der Waals surface area contributed by atoms with Crippen molar-refractivity contribution in [3.05, 3.63) is 18.2 Å². The monoisotopic (exact) mass is 499 g/mol. The zero-order valence-electron chi connectivity index (χ0n) is 19.3. The Morgan fingerprint density at radius 2 is 1.69 bits per heavy atom. The minimum atomic E-state index is -1.69. The Morgan fingerprint density at radius 1 is 1.03 bits per heavy atom. The number of aliphatic hydroxyl groups is 1. The van der Waals surface area contributed by atoms with Crippen molar-refractivity contribution in [2.24, 2.45) is 11.5 Å². The van der Waals surface area contributed by atoms with E-state index in [9.17, 15) is 34.2 Å². The summed E-state index contributed by atoms with van der Waals surface area (Å²) in [5, 5.41) is 35.2. The standard InChI is InChI=1S/C20H33N7O8/c1-10(28)16(27-17(31)12(22)4-2-3-5-21)19(33)25-13(7-15(29)30)18(32)26-14(20(34)35)6-11-8-23-9-24-11/h8-10,12-14,16,28H,2-7,21-22H2,1H3,(H,23,24)(H,25,33)(H,26,32)(H,27,31)(H,29,30)(H,34,35). The van der Waals surface area contributed by atoms with Crippen LogP contribution in [-0.4, -0.2) is 91.8 Å². The molecule has 0 saturated carbocycles. The number of nitrogens with two attached hydrogens (primary N) is 2. The van der Waals surface area contributed by atoms with Gasteiger partial charge in [-0.05, 0) is 26.3 Å². The summed E-state index contributed by atoms with van der Waals surface area (Å²) in [4.78, 5) is 67.0. The van der Waals surface area contributed by atoms with Gasteiger partial charge in [0.2, 0.25) is 17.7 Å². The van der Waals surface area contributed by atoms with Crippen LogP contribution in [0, 0.1) is 0 Å². The summed E-state index contributed by atoms with van der Waals surface area (Å²) < 4.78 is 0. The van der Waals surface area contributed by atoms with Gasteiger partial charge in [-0.2, -0.15) is 0 Å². The highest BCUT2D eigenvalue weighted by atomic mass is 16.4. The summed E-state index contributed by atoms with van der Waals surface area (Å²) in [5.41, 5.74) is 11.6. The molecule has 0 fully saturated rings. The smallest absolute Gasteiger partial charge is 0.326 e. The van der Waals surface area contributed by atoms with Crippen molar-refractivity contribution in [1.82, 2.24) is 25.9 Å². The van der Waals surface area contributed by atoms with Crippen molar-refractivity contribution < 1.29 is 39.3 Å². The summed E-state index contributed by atoms with van der Waals surface area (Å²) in [6.45, 7) is 1.63. The van der Waals surface area contributed by atoms with Gasteiger partial charge in [0.15, 0.2) is 0 Å². The second-order valence-corrected chi connectivity index (χ2v) is 7.96. The van der Waals surface area contributed by atoms with Crippen LogP contribution in [0.4, 0.5) is 0 Å². The van der Waals surface area contributed by atoms with Crippen molar-refractivity contribution in [3.63, 3.8) is 0 Å². The van der Waals surface area contributed by atoms with Gasteiger partial charge in [0.25, 0.3) is 0 Å². The number of imidazole rings is 1. The first-order valence-electron chi connectivity index (χ1n) is 10.9. The maximum absolute atomic E-state index is 12.7. The van der Waals surface area contributed by atoms with Gasteiger partial charge >= 0.3 is 11.9 Å². The number of nitrogens with zero attached hydrogens (tertiary/aromatic N) is 1. The number of hydrogen-bond acceptors (Lipinski definition) is 9. The predicted molar refractivity (Wildman–Crippen MR) is 121 cm³/mol. The van der Waals surface area contributed by atoms with Gasteiger partial charge in [0, 0.05) is 18.3 Å². The number of hydrogen-bond donors (Lipinski definition) is 9. The van der Waals surface area contributed by atoms with Gasteiger partial charge in [0.1, 0.15) is 18.1 Å². The third kappa shape index (κ3) is 10.5. The van der Waals surface area contributed by atoms with Gasteiger partial charge < -0.3 is 47.7 Å². The van der Waals surface area contributed by atoms with Crippen molar-refractivity contribution in [2.45, 2.75) is 69.3 Å². The molecular formula is C20H33N7O8. The van der Waals surface area contributed by atoms with E-state index in [2.05, 4.69) is 25.9 Å². The Hall–Kier alpha value is -3.56. The lowest BCUT2D eigenvalue weighted by atomic mass is 10.1. The molecule has 0 aliphatic rings. The van der Waals surface area contributed by atoms with E-state index in [1.807, 2.05) is 0 Å². The molecule has 1 aromatic heterocycles. The first-order chi connectivity index (χ1) is 16.5. The summed E-state index contributed by atoms with van der Waals surface area (Å²) in [6.07, 6.45) is 1.69. The molecule has 0 radical (unpaired) electrons. The molecule has 0 spiro atoms. The number of aromatic nitrogens is 2. The molecule has 5 unspecified atom stereocenters. The molecular weight excluding hydrogens is 466 g/mol. The average Bonchev–Trinajstić information content (AvgIpc) is 3.28. The molecule has 0 saturated heterocycles. The third-order valence-corrected chi connectivity index (χ3v) is 4.97. The van der Waals surface area contributed by atoms with Crippen molar-refractivity contribution in [2.75, 3.05) is 6.54 Å². The van der Waals surface area contributed by atoms with Gasteiger partial charge in [-0.25, -0.2) is 9.78 Å². The number of carbonyl (C=O) groups excluding carboxylic acids is 3. The Bertz CT molecular complexity index is 862. The summed E-state index contributed by atoms with van der Waals surface area (Å²) in [7, 11) is 0. The largest absolute Gasteiger partial charge is 0.481 e. The summed E-state index contributed by atoms with van der Waals surface area (Å²) >= 11 is 0. The van der Waals surface area contributed by atoms with E-state index in [1.54, 1.807) is 0 Å². The van der Waals surface area contributed by atoms with E-state index < -0.39 is 66.4 Å². The molecule has 0 bridgehead atoms. The minimum absolute atomic E-state index is 0.177. The van der Waals surface area contributed by atoms with Crippen LogP contribution in [0.2, 0.25) is 0 Å². The van der Waals surface area contributed by atoms with Crippen LogP contribution < -0.4 is 27.4 Å². The lowest BCUT2D eigenvalue weighted by Gasteiger charge is -2.26. The van der Waals surface area contributed by atoms with E-state index in [0.29, 0.717) is 25.1 Å². The Kier molecular flexibility index (Phi) is 12.3. The van der Waals surface area contributed by atoms with Crippen molar-refractivity contribution >= 4 is 29.7 Å². The fourth-order valence-electron chi connectivity index (χ4n) is 3.04.